The summed E-state index contributed by atoms with van der Waals surface area (Å²) in [5.41, 5.74) is 4.29. The van der Waals surface area contributed by atoms with Gasteiger partial charge in [0.2, 0.25) is 0 Å². The minimum Gasteiger partial charge on any atom is -0.356 e. The van der Waals surface area contributed by atoms with Gasteiger partial charge in [0.15, 0.2) is 5.54 Å². The first-order chi connectivity index (χ1) is 12.6. The normalized spacial score (nSPS) is 24.1. The van der Waals surface area contributed by atoms with Crippen molar-refractivity contribution in [2.24, 2.45) is 0 Å². The van der Waals surface area contributed by atoms with Crippen LogP contribution in [0.5, 0.6) is 0 Å². The van der Waals surface area contributed by atoms with E-state index in [9.17, 15) is 4.79 Å². The van der Waals surface area contributed by atoms with E-state index in [0.717, 1.165) is 39.8 Å². The molecule has 2 atom stereocenters. The van der Waals surface area contributed by atoms with Gasteiger partial charge in [0.05, 0.1) is 5.69 Å². The number of rotatable bonds is 1. The van der Waals surface area contributed by atoms with Gasteiger partial charge < -0.3 is 15.2 Å². The Morgan fingerprint density at radius 3 is 2.69 bits per heavy atom. The summed E-state index contributed by atoms with van der Waals surface area (Å²) in [4.78, 5) is 19.3. The standard InChI is InChI=1S/C21H19N3OS/c1-3-13-17-12-8-4-6-10-15(12)22-18(17)19(26)23-21(13)14-9-5-7-11-16(14)24(2)20(21)25/h4-11,13,22H,3H2,1-2H3,(H,23,26). The Morgan fingerprint density at radius 1 is 1.15 bits per heavy atom. The number of H-pyrrole nitrogens is 1. The summed E-state index contributed by atoms with van der Waals surface area (Å²) in [6.45, 7) is 2.14. The number of carbonyl (C=O) groups is 1. The number of para-hydroxylation sites is 2. The highest BCUT2D eigenvalue weighted by molar-refractivity contribution is 7.80. The number of aromatic amines is 1. The number of carbonyl (C=O) groups excluding carboxylic acids is 1. The molecule has 0 saturated carbocycles. The average molecular weight is 361 g/mol. The maximum absolute atomic E-state index is 13.5. The molecule has 4 nitrogen and oxygen atoms in total. The minimum atomic E-state index is -0.838. The lowest BCUT2D eigenvalue weighted by Crippen LogP contribution is -2.58. The molecule has 1 spiro atoms. The quantitative estimate of drug-likeness (QED) is 0.648. The zero-order valence-corrected chi connectivity index (χ0v) is 15.5. The summed E-state index contributed by atoms with van der Waals surface area (Å²) < 4.78 is 0. The van der Waals surface area contributed by atoms with Gasteiger partial charge in [-0.05, 0) is 24.1 Å². The van der Waals surface area contributed by atoms with Gasteiger partial charge >= 0.3 is 0 Å². The maximum atomic E-state index is 13.5. The van der Waals surface area contributed by atoms with Gasteiger partial charge in [-0.1, -0.05) is 55.5 Å². The molecule has 2 aromatic carbocycles. The highest BCUT2D eigenvalue weighted by atomic mass is 32.1. The number of fused-ring (bicyclic) bond motifs is 5. The van der Waals surface area contributed by atoms with Crippen LogP contribution in [0.25, 0.3) is 10.9 Å². The topological polar surface area (TPSA) is 48.1 Å². The average Bonchev–Trinajstić information content (AvgIpc) is 3.15. The van der Waals surface area contributed by atoms with Crippen LogP contribution < -0.4 is 10.2 Å². The summed E-state index contributed by atoms with van der Waals surface area (Å²) in [5.74, 6) is 0.0581. The van der Waals surface area contributed by atoms with Crippen molar-refractivity contribution in [3.8, 4) is 0 Å². The predicted octanol–water partition coefficient (Wildman–Crippen LogP) is 3.81. The molecule has 0 fully saturated rings. The van der Waals surface area contributed by atoms with E-state index in [4.69, 9.17) is 12.2 Å². The molecule has 3 aromatic rings. The molecule has 0 saturated heterocycles. The highest BCUT2D eigenvalue weighted by Gasteiger charge is 2.58. The third-order valence-corrected chi connectivity index (χ3v) is 6.20. The summed E-state index contributed by atoms with van der Waals surface area (Å²) in [7, 11) is 1.85. The van der Waals surface area contributed by atoms with Crippen molar-refractivity contribution in [2.75, 3.05) is 11.9 Å². The Hall–Kier alpha value is -2.66. The Balaban J connectivity index is 1.86. The molecular weight excluding hydrogens is 342 g/mol. The first-order valence-corrected chi connectivity index (χ1v) is 9.31. The second kappa shape index (κ2) is 5.17. The van der Waals surface area contributed by atoms with Crippen molar-refractivity contribution in [1.29, 1.82) is 0 Å². The van der Waals surface area contributed by atoms with E-state index >= 15 is 0 Å². The van der Waals surface area contributed by atoms with Gasteiger partial charge in [-0.25, -0.2) is 0 Å². The van der Waals surface area contributed by atoms with Gasteiger partial charge in [-0.3, -0.25) is 4.79 Å². The summed E-state index contributed by atoms with van der Waals surface area (Å²) in [6, 6.07) is 16.3. The van der Waals surface area contributed by atoms with E-state index < -0.39 is 5.54 Å². The number of thiocarbonyl (C=S) groups is 1. The molecule has 130 valence electrons. The minimum absolute atomic E-state index is 0.000972. The molecule has 5 rings (SSSR count). The molecule has 0 radical (unpaired) electrons. The summed E-state index contributed by atoms with van der Waals surface area (Å²) in [6.07, 6.45) is 0.832. The lowest BCUT2D eigenvalue weighted by molar-refractivity contribution is -0.124. The predicted molar refractivity (Wildman–Crippen MR) is 108 cm³/mol. The van der Waals surface area contributed by atoms with Crippen LogP contribution in [0.2, 0.25) is 0 Å². The van der Waals surface area contributed by atoms with Crippen molar-refractivity contribution in [2.45, 2.75) is 24.8 Å². The number of aromatic nitrogens is 1. The molecule has 5 heteroatoms. The van der Waals surface area contributed by atoms with Crippen molar-refractivity contribution in [1.82, 2.24) is 10.3 Å². The zero-order valence-electron chi connectivity index (χ0n) is 14.7. The molecule has 26 heavy (non-hydrogen) atoms. The fourth-order valence-corrected chi connectivity index (χ4v) is 5.13. The molecule has 0 bridgehead atoms. The smallest absolute Gasteiger partial charge is 0.257 e. The fourth-order valence-electron chi connectivity index (χ4n) is 4.81. The first kappa shape index (κ1) is 15.6. The molecular formula is C21H19N3OS. The second-order valence-electron chi connectivity index (χ2n) is 7.06. The number of anilines is 1. The highest BCUT2D eigenvalue weighted by Crippen LogP contribution is 2.53. The summed E-state index contributed by atoms with van der Waals surface area (Å²) in [5, 5.41) is 4.61. The van der Waals surface area contributed by atoms with Crippen LogP contribution in [-0.2, 0) is 10.3 Å². The Bertz CT molecular complexity index is 1090. The molecule has 2 aliphatic rings. The van der Waals surface area contributed by atoms with Crippen LogP contribution in [-0.4, -0.2) is 22.9 Å². The molecule has 1 aromatic heterocycles. The van der Waals surface area contributed by atoms with Crippen LogP contribution in [0.15, 0.2) is 48.5 Å². The van der Waals surface area contributed by atoms with Crippen molar-refractivity contribution in [3.63, 3.8) is 0 Å². The van der Waals surface area contributed by atoms with Crippen LogP contribution in [0, 0.1) is 0 Å². The van der Waals surface area contributed by atoms with Crippen molar-refractivity contribution < 1.29 is 4.79 Å². The lowest BCUT2D eigenvalue weighted by atomic mass is 9.70. The van der Waals surface area contributed by atoms with Crippen LogP contribution >= 0.6 is 12.2 Å². The molecule has 2 N–H and O–H groups in total. The van der Waals surface area contributed by atoms with Gasteiger partial charge in [0.25, 0.3) is 5.91 Å². The van der Waals surface area contributed by atoms with Gasteiger partial charge in [-0.15, -0.1) is 0 Å². The molecule has 2 unspecified atom stereocenters. The molecule has 3 heterocycles. The van der Waals surface area contributed by atoms with E-state index in [1.807, 2.05) is 37.4 Å². The first-order valence-electron chi connectivity index (χ1n) is 8.90. The molecule has 1 amide bonds. The van der Waals surface area contributed by atoms with E-state index in [0.29, 0.717) is 4.99 Å². The van der Waals surface area contributed by atoms with Crippen molar-refractivity contribution in [3.05, 3.63) is 65.4 Å². The van der Waals surface area contributed by atoms with E-state index in [-0.39, 0.29) is 11.8 Å². The van der Waals surface area contributed by atoms with Gasteiger partial charge in [0.1, 0.15) is 4.99 Å². The van der Waals surface area contributed by atoms with Crippen LogP contribution in [0.3, 0.4) is 0 Å². The number of likely N-dealkylation sites (N-methyl/N-ethyl adjacent to an activating group) is 1. The SMILES string of the molecule is CCC1c2c([nH]c3ccccc23)C(=S)NC12C(=O)N(C)c1ccccc12. The second-order valence-corrected chi connectivity index (χ2v) is 7.47. The van der Waals surface area contributed by atoms with E-state index in [2.05, 4.69) is 35.4 Å². The van der Waals surface area contributed by atoms with Gasteiger partial charge in [-0.2, -0.15) is 0 Å². The fraction of sp³-hybridized carbons (Fsp3) is 0.238. The largest absolute Gasteiger partial charge is 0.356 e. The Labute approximate surface area is 157 Å². The lowest BCUT2D eigenvalue weighted by Gasteiger charge is -2.41. The Morgan fingerprint density at radius 2 is 1.88 bits per heavy atom. The number of hydrogen-bond acceptors (Lipinski definition) is 2. The number of hydrogen-bond donors (Lipinski definition) is 2. The van der Waals surface area contributed by atoms with E-state index in [1.54, 1.807) is 4.90 Å². The number of nitrogens with zero attached hydrogens (tertiary/aromatic N) is 1. The van der Waals surface area contributed by atoms with Crippen molar-refractivity contribution >= 4 is 39.7 Å². The third-order valence-electron chi connectivity index (χ3n) is 5.90. The number of benzene rings is 2. The molecule has 0 aliphatic carbocycles. The number of amides is 1. The maximum Gasteiger partial charge on any atom is 0.257 e. The van der Waals surface area contributed by atoms with Crippen LogP contribution in [0.4, 0.5) is 5.69 Å². The third kappa shape index (κ3) is 1.69. The Kier molecular flexibility index (Phi) is 3.10. The van der Waals surface area contributed by atoms with E-state index in [1.165, 1.54) is 0 Å². The van der Waals surface area contributed by atoms with Crippen LogP contribution in [0.1, 0.15) is 36.1 Å². The number of nitrogens with one attached hydrogen (secondary N) is 2. The monoisotopic (exact) mass is 361 g/mol. The summed E-state index contributed by atoms with van der Waals surface area (Å²) >= 11 is 5.72. The molecule has 2 aliphatic heterocycles. The van der Waals surface area contributed by atoms with Gasteiger partial charge in [0, 0.05) is 35.1 Å². The zero-order chi connectivity index (χ0) is 18.1.